The van der Waals surface area contributed by atoms with Crippen LogP contribution in [-0.2, 0) is 6.54 Å². The fraction of sp³-hybridized carbons (Fsp3) is 0.133. The average molecular weight is 324 g/mol. The Morgan fingerprint density at radius 1 is 1.32 bits per heavy atom. The molecule has 0 saturated carbocycles. The maximum Gasteiger partial charge on any atom is 0.328 e. The highest BCUT2D eigenvalue weighted by molar-refractivity contribution is 6.32. The van der Waals surface area contributed by atoms with Gasteiger partial charge >= 0.3 is 6.03 Å². The van der Waals surface area contributed by atoms with Crippen molar-refractivity contribution < 1.29 is 13.9 Å². The molecule has 3 N–H and O–H groups in total. The van der Waals surface area contributed by atoms with Crippen LogP contribution in [0.15, 0.2) is 42.5 Å². The van der Waals surface area contributed by atoms with E-state index < -0.39 is 6.03 Å². The number of hydrazine groups is 1. The second kappa shape index (κ2) is 7.11. The summed E-state index contributed by atoms with van der Waals surface area (Å²) in [7, 11) is 1.52. The smallest absolute Gasteiger partial charge is 0.328 e. The zero-order valence-corrected chi connectivity index (χ0v) is 12.6. The molecule has 2 amide bonds. The number of hydrogen-bond acceptors (Lipinski definition) is 3. The second-order valence-corrected chi connectivity index (χ2v) is 4.96. The van der Waals surface area contributed by atoms with Crippen molar-refractivity contribution in [1.82, 2.24) is 10.4 Å². The van der Waals surface area contributed by atoms with Crippen LogP contribution in [0.5, 0.6) is 11.5 Å². The van der Waals surface area contributed by atoms with Crippen molar-refractivity contribution in [2.24, 2.45) is 5.73 Å². The second-order valence-electron chi connectivity index (χ2n) is 4.55. The van der Waals surface area contributed by atoms with E-state index in [2.05, 4.69) is 5.43 Å². The number of urea groups is 1. The van der Waals surface area contributed by atoms with Crippen LogP contribution in [0.3, 0.4) is 0 Å². The van der Waals surface area contributed by atoms with Crippen LogP contribution in [-0.4, -0.2) is 18.1 Å². The molecule has 0 aliphatic carbocycles. The molecule has 0 aliphatic rings. The molecule has 5 nitrogen and oxygen atoms in total. The molecule has 0 heterocycles. The van der Waals surface area contributed by atoms with Gasteiger partial charge in [-0.1, -0.05) is 17.7 Å². The summed E-state index contributed by atoms with van der Waals surface area (Å²) in [6, 6.07) is 10.3. The fourth-order valence-corrected chi connectivity index (χ4v) is 1.90. The van der Waals surface area contributed by atoms with E-state index in [1.165, 1.54) is 36.3 Å². The molecule has 0 aliphatic heterocycles. The van der Waals surface area contributed by atoms with Crippen LogP contribution >= 0.6 is 11.6 Å². The summed E-state index contributed by atoms with van der Waals surface area (Å²) in [6.07, 6.45) is 0. The van der Waals surface area contributed by atoms with E-state index in [4.69, 9.17) is 22.1 Å². The van der Waals surface area contributed by atoms with Gasteiger partial charge in [0.25, 0.3) is 0 Å². The Morgan fingerprint density at radius 3 is 2.59 bits per heavy atom. The van der Waals surface area contributed by atoms with Crippen LogP contribution in [0.25, 0.3) is 0 Å². The number of nitrogens with one attached hydrogen (secondary N) is 1. The zero-order chi connectivity index (χ0) is 16.1. The van der Waals surface area contributed by atoms with Crippen molar-refractivity contribution in [3.8, 4) is 11.5 Å². The number of nitrogens with zero attached hydrogens (tertiary/aromatic N) is 1. The molecule has 22 heavy (non-hydrogen) atoms. The van der Waals surface area contributed by atoms with Gasteiger partial charge in [0.15, 0.2) is 0 Å². The van der Waals surface area contributed by atoms with Crippen molar-refractivity contribution in [3.05, 3.63) is 58.9 Å². The maximum absolute atomic E-state index is 12.8. The SMILES string of the molecule is CN(NCc1ccc(Oc2ccc(F)cc2)c(Cl)c1)C(N)=O. The lowest BCUT2D eigenvalue weighted by Gasteiger charge is -2.16. The first-order valence-electron chi connectivity index (χ1n) is 6.44. The molecule has 0 fully saturated rings. The predicted octanol–water partition coefficient (Wildman–Crippen LogP) is 3.29. The number of rotatable bonds is 5. The molecule has 0 saturated heterocycles. The van der Waals surface area contributed by atoms with E-state index in [9.17, 15) is 9.18 Å². The summed E-state index contributed by atoms with van der Waals surface area (Å²) in [4.78, 5) is 10.9. The minimum absolute atomic E-state index is 0.335. The van der Waals surface area contributed by atoms with Gasteiger partial charge in [-0.15, -0.1) is 0 Å². The van der Waals surface area contributed by atoms with Crippen molar-refractivity contribution in [3.63, 3.8) is 0 Å². The molecule has 2 aromatic rings. The first-order valence-corrected chi connectivity index (χ1v) is 6.82. The number of carbonyl (C=O) groups is 1. The quantitative estimate of drug-likeness (QED) is 0.830. The number of hydrogen-bond donors (Lipinski definition) is 2. The number of primary amides is 1. The van der Waals surface area contributed by atoms with Crippen LogP contribution in [0, 0.1) is 5.82 Å². The third-order valence-corrected chi connectivity index (χ3v) is 3.18. The van der Waals surface area contributed by atoms with E-state index in [0.29, 0.717) is 23.1 Å². The van der Waals surface area contributed by atoms with Gasteiger partial charge in [0, 0.05) is 13.6 Å². The number of carbonyl (C=O) groups excluding carboxylic acids is 1. The van der Waals surface area contributed by atoms with Crippen molar-refractivity contribution in [2.45, 2.75) is 6.54 Å². The molecule has 0 aromatic heterocycles. The minimum atomic E-state index is -0.581. The zero-order valence-electron chi connectivity index (χ0n) is 11.8. The van der Waals surface area contributed by atoms with Crippen LogP contribution < -0.4 is 15.9 Å². The van der Waals surface area contributed by atoms with Gasteiger partial charge in [-0.2, -0.15) is 0 Å². The highest BCUT2D eigenvalue weighted by atomic mass is 35.5. The summed E-state index contributed by atoms with van der Waals surface area (Å²) in [5, 5.41) is 1.59. The monoisotopic (exact) mass is 323 g/mol. The third kappa shape index (κ3) is 4.34. The summed E-state index contributed by atoms with van der Waals surface area (Å²) in [6.45, 7) is 0.385. The Balaban J connectivity index is 2.03. The van der Waals surface area contributed by atoms with E-state index in [1.807, 2.05) is 0 Å². The van der Waals surface area contributed by atoms with Gasteiger partial charge in [-0.3, -0.25) is 5.01 Å². The molecule has 0 unspecified atom stereocenters. The highest BCUT2D eigenvalue weighted by Crippen LogP contribution is 2.30. The summed E-state index contributed by atoms with van der Waals surface area (Å²) in [5.41, 5.74) is 8.77. The van der Waals surface area contributed by atoms with Gasteiger partial charge in [0.1, 0.15) is 17.3 Å². The van der Waals surface area contributed by atoms with Gasteiger partial charge in [0.2, 0.25) is 0 Å². The molecule has 0 spiro atoms. The van der Waals surface area contributed by atoms with Gasteiger partial charge in [-0.25, -0.2) is 14.6 Å². The van der Waals surface area contributed by atoms with Gasteiger partial charge in [0.05, 0.1) is 5.02 Å². The molecule has 2 rings (SSSR count). The number of ether oxygens (including phenoxy) is 1. The van der Waals surface area contributed by atoms with E-state index in [1.54, 1.807) is 18.2 Å². The first-order chi connectivity index (χ1) is 10.5. The van der Waals surface area contributed by atoms with E-state index in [-0.39, 0.29) is 5.82 Å². The highest BCUT2D eigenvalue weighted by Gasteiger charge is 2.07. The molecule has 0 atom stereocenters. The lowest BCUT2D eigenvalue weighted by atomic mass is 10.2. The molecule has 0 bridgehead atoms. The molecular formula is C15H15ClFN3O2. The predicted molar refractivity (Wildman–Crippen MR) is 82.1 cm³/mol. The Bertz CT molecular complexity index is 664. The van der Waals surface area contributed by atoms with Crippen molar-refractivity contribution in [2.75, 3.05) is 7.05 Å². The van der Waals surface area contributed by atoms with Crippen LogP contribution in [0.1, 0.15) is 5.56 Å². The standard InChI is InChI=1S/C15H15ClFN3O2/c1-20(15(18)21)19-9-10-2-7-14(13(16)8-10)22-12-5-3-11(17)4-6-12/h2-8,19H,9H2,1H3,(H2,18,21). The normalized spacial score (nSPS) is 10.3. The number of halogens is 2. The number of nitrogens with two attached hydrogens (primary N) is 1. The maximum atomic E-state index is 12.8. The summed E-state index contributed by atoms with van der Waals surface area (Å²) < 4.78 is 18.4. The molecule has 7 heteroatoms. The van der Waals surface area contributed by atoms with E-state index >= 15 is 0 Å². The molecular weight excluding hydrogens is 309 g/mol. The lowest BCUT2D eigenvalue weighted by Crippen LogP contribution is -2.42. The van der Waals surface area contributed by atoms with Crippen molar-refractivity contribution >= 4 is 17.6 Å². The number of amides is 2. The van der Waals surface area contributed by atoms with Crippen LogP contribution in [0.2, 0.25) is 5.02 Å². The number of benzene rings is 2. The van der Waals surface area contributed by atoms with Crippen molar-refractivity contribution in [1.29, 1.82) is 0 Å². The molecule has 0 radical (unpaired) electrons. The molecule has 2 aromatic carbocycles. The van der Waals surface area contributed by atoms with Gasteiger partial charge in [-0.05, 0) is 42.0 Å². The van der Waals surface area contributed by atoms with Gasteiger partial charge < -0.3 is 10.5 Å². The first kappa shape index (κ1) is 16.1. The Kier molecular flexibility index (Phi) is 5.19. The van der Waals surface area contributed by atoms with Crippen LogP contribution in [0.4, 0.5) is 9.18 Å². The Labute approximate surface area is 132 Å². The largest absolute Gasteiger partial charge is 0.456 e. The average Bonchev–Trinajstić information content (AvgIpc) is 2.49. The topological polar surface area (TPSA) is 67.6 Å². The third-order valence-electron chi connectivity index (χ3n) is 2.89. The summed E-state index contributed by atoms with van der Waals surface area (Å²) >= 11 is 6.16. The minimum Gasteiger partial charge on any atom is -0.456 e. The Hall–Kier alpha value is -2.31. The summed E-state index contributed by atoms with van der Waals surface area (Å²) in [5.74, 6) is 0.612. The Morgan fingerprint density at radius 2 is 2.00 bits per heavy atom. The lowest BCUT2D eigenvalue weighted by molar-refractivity contribution is 0.195. The molecule has 116 valence electrons. The van der Waals surface area contributed by atoms with E-state index in [0.717, 1.165) is 5.56 Å². The fourth-order valence-electron chi connectivity index (χ4n) is 1.65.